The molecule has 1 aromatic heterocycles. The van der Waals surface area contributed by atoms with Crippen LogP contribution in [0.5, 0.6) is 0 Å². The summed E-state index contributed by atoms with van der Waals surface area (Å²) in [7, 11) is 0. The molecule has 0 amide bonds. The van der Waals surface area contributed by atoms with Crippen molar-refractivity contribution in [1.29, 1.82) is 0 Å². The normalized spacial score (nSPS) is 19.6. The van der Waals surface area contributed by atoms with Gasteiger partial charge in [0.15, 0.2) is 0 Å². The van der Waals surface area contributed by atoms with Crippen LogP contribution in [0.1, 0.15) is 29.3 Å². The first kappa shape index (κ1) is 10.2. The Morgan fingerprint density at radius 2 is 2.57 bits per heavy atom. The van der Waals surface area contributed by atoms with Crippen LogP contribution in [-0.2, 0) is 6.42 Å². The van der Waals surface area contributed by atoms with E-state index >= 15 is 0 Å². The van der Waals surface area contributed by atoms with Crippen molar-refractivity contribution in [2.24, 2.45) is 0 Å². The first-order valence-electron chi connectivity index (χ1n) is 4.93. The predicted molar refractivity (Wildman–Crippen MR) is 63.2 cm³/mol. The summed E-state index contributed by atoms with van der Waals surface area (Å²) in [6, 6.07) is 2.63. The molecular weight excluding hydrogens is 214 g/mol. The maximum atomic E-state index is 5.98. The summed E-state index contributed by atoms with van der Waals surface area (Å²) in [5.74, 6) is 0. The number of halogens is 1. The van der Waals surface area contributed by atoms with E-state index in [1.54, 1.807) is 11.3 Å². The van der Waals surface area contributed by atoms with Crippen molar-refractivity contribution in [3.63, 3.8) is 0 Å². The van der Waals surface area contributed by atoms with Gasteiger partial charge in [-0.1, -0.05) is 17.7 Å². The van der Waals surface area contributed by atoms with Gasteiger partial charge in [-0.05, 0) is 37.4 Å². The number of fused-ring (bicyclic) bond motifs is 1. The van der Waals surface area contributed by atoms with Crippen LogP contribution >= 0.6 is 22.9 Å². The van der Waals surface area contributed by atoms with Gasteiger partial charge >= 0.3 is 0 Å². The summed E-state index contributed by atoms with van der Waals surface area (Å²) in [5.41, 5.74) is 1.42. The summed E-state index contributed by atoms with van der Waals surface area (Å²) < 4.78 is 0.922. The van der Waals surface area contributed by atoms with E-state index in [0.29, 0.717) is 6.04 Å². The highest BCUT2D eigenvalue weighted by atomic mass is 35.5. The molecule has 0 aromatic carbocycles. The topological polar surface area (TPSA) is 12.0 Å². The zero-order valence-electron chi connectivity index (χ0n) is 8.05. The molecule has 3 heteroatoms. The molecule has 1 N–H and O–H groups in total. The van der Waals surface area contributed by atoms with Crippen LogP contribution in [0.25, 0.3) is 0 Å². The Bertz CT molecular complexity index is 332. The van der Waals surface area contributed by atoms with Crippen molar-refractivity contribution < 1.29 is 0 Å². The van der Waals surface area contributed by atoms with Gasteiger partial charge in [0.1, 0.15) is 0 Å². The second kappa shape index (κ2) is 4.47. The van der Waals surface area contributed by atoms with E-state index in [4.69, 9.17) is 11.6 Å². The van der Waals surface area contributed by atoms with E-state index in [2.05, 4.69) is 18.0 Å². The van der Waals surface area contributed by atoms with Crippen LogP contribution in [0.2, 0.25) is 4.34 Å². The number of hydrogen-bond acceptors (Lipinski definition) is 2. The maximum Gasteiger partial charge on any atom is 0.0934 e. The van der Waals surface area contributed by atoms with Crippen LogP contribution in [0.15, 0.2) is 18.7 Å². The summed E-state index contributed by atoms with van der Waals surface area (Å²) in [6.45, 7) is 4.73. The highest BCUT2D eigenvalue weighted by molar-refractivity contribution is 7.16. The molecule has 0 fully saturated rings. The summed E-state index contributed by atoms with van der Waals surface area (Å²) >= 11 is 7.70. The fourth-order valence-corrected chi connectivity index (χ4v) is 3.26. The Morgan fingerprint density at radius 3 is 3.36 bits per heavy atom. The molecule has 76 valence electrons. The number of hydrogen-bond donors (Lipinski definition) is 1. The Morgan fingerprint density at radius 1 is 1.71 bits per heavy atom. The van der Waals surface area contributed by atoms with Crippen molar-refractivity contribution >= 4 is 22.9 Å². The van der Waals surface area contributed by atoms with Gasteiger partial charge in [0, 0.05) is 10.9 Å². The zero-order chi connectivity index (χ0) is 9.97. The van der Waals surface area contributed by atoms with Crippen molar-refractivity contribution in [2.45, 2.75) is 25.3 Å². The molecule has 0 radical (unpaired) electrons. The maximum absolute atomic E-state index is 5.98. The Hall–Kier alpha value is -0.310. The third-order valence-electron chi connectivity index (χ3n) is 2.59. The summed E-state index contributed by atoms with van der Waals surface area (Å²) in [4.78, 5) is 1.46. The lowest BCUT2D eigenvalue weighted by molar-refractivity contribution is 0.537. The Labute approximate surface area is 93.8 Å². The number of aryl methyl sites for hydroxylation is 1. The minimum absolute atomic E-state index is 0.522. The predicted octanol–water partition coefficient (Wildman–Crippen LogP) is 3.55. The first-order valence-corrected chi connectivity index (χ1v) is 6.13. The molecule has 1 aliphatic rings. The molecule has 14 heavy (non-hydrogen) atoms. The van der Waals surface area contributed by atoms with Gasteiger partial charge in [-0.25, -0.2) is 0 Å². The molecule has 0 saturated carbocycles. The van der Waals surface area contributed by atoms with Crippen LogP contribution in [0.3, 0.4) is 0 Å². The van der Waals surface area contributed by atoms with E-state index in [1.165, 1.54) is 23.3 Å². The number of rotatable bonds is 4. The number of nitrogens with one attached hydrogen (secondary N) is 1. The fraction of sp³-hybridized carbons (Fsp3) is 0.455. The molecule has 1 nitrogen and oxygen atoms in total. The molecule has 0 spiro atoms. The average molecular weight is 228 g/mol. The second-order valence-corrected chi connectivity index (χ2v) is 5.32. The Kier molecular flexibility index (Phi) is 3.26. The highest BCUT2D eigenvalue weighted by Gasteiger charge is 2.23. The lowest BCUT2D eigenvalue weighted by Crippen LogP contribution is -2.19. The van der Waals surface area contributed by atoms with E-state index in [9.17, 15) is 0 Å². The van der Waals surface area contributed by atoms with Crippen molar-refractivity contribution in [2.75, 3.05) is 6.54 Å². The molecular formula is C11H14ClNS. The molecule has 0 saturated heterocycles. The zero-order valence-corrected chi connectivity index (χ0v) is 9.63. The average Bonchev–Trinajstić information content (AvgIpc) is 2.66. The standard InChI is InChI=1S/C11H14ClNS/c1-2-3-6-13-9-4-5-10-8(9)7-11(12)14-10/h2,7,9,13H,1,3-6H2. The lowest BCUT2D eigenvalue weighted by atomic mass is 10.2. The quantitative estimate of drug-likeness (QED) is 0.613. The van der Waals surface area contributed by atoms with E-state index in [-0.39, 0.29) is 0 Å². The van der Waals surface area contributed by atoms with Gasteiger partial charge in [-0.3, -0.25) is 0 Å². The second-order valence-electron chi connectivity index (χ2n) is 3.55. The van der Waals surface area contributed by atoms with Gasteiger partial charge in [-0.2, -0.15) is 0 Å². The molecule has 1 aromatic rings. The largest absolute Gasteiger partial charge is 0.310 e. The molecule has 1 heterocycles. The van der Waals surface area contributed by atoms with Crippen molar-refractivity contribution in [3.8, 4) is 0 Å². The van der Waals surface area contributed by atoms with Crippen molar-refractivity contribution in [1.82, 2.24) is 5.32 Å². The van der Waals surface area contributed by atoms with Crippen LogP contribution in [0.4, 0.5) is 0 Å². The molecule has 1 unspecified atom stereocenters. The van der Waals surface area contributed by atoms with Gasteiger partial charge in [0.05, 0.1) is 4.34 Å². The fourth-order valence-electron chi connectivity index (χ4n) is 1.90. The molecule has 2 rings (SSSR count). The molecule has 0 bridgehead atoms. The summed E-state index contributed by atoms with van der Waals surface area (Å²) in [6.07, 6.45) is 5.38. The lowest BCUT2D eigenvalue weighted by Gasteiger charge is -2.11. The van der Waals surface area contributed by atoms with Crippen LogP contribution in [-0.4, -0.2) is 6.54 Å². The smallest absolute Gasteiger partial charge is 0.0934 e. The minimum atomic E-state index is 0.522. The van der Waals surface area contributed by atoms with Gasteiger partial charge in [0.25, 0.3) is 0 Å². The van der Waals surface area contributed by atoms with Gasteiger partial charge in [-0.15, -0.1) is 17.9 Å². The van der Waals surface area contributed by atoms with Gasteiger partial charge < -0.3 is 5.32 Å². The molecule has 1 aliphatic carbocycles. The minimum Gasteiger partial charge on any atom is -0.310 e. The Balaban J connectivity index is 1.98. The highest BCUT2D eigenvalue weighted by Crippen LogP contribution is 2.39. The third-order valence-corrected chi connectivity index (χ3v) is 3.93. The van der Waals surface area contributed by atoms with Crippen LogP contribution < -0.4 is 5.32 Å². The van der Waals surface area contributed by atoms with Gasteiger partial charge in [0.2, 0.25) is 0 Å². The number of thiophene rings is 1. The van der Waals surface area contributed by atoms with Crippen LogP contribution in [0, 0.1) is 0 Å². The SMILES string of the molecule is C=CCCNC1CCc2sc(Cl)cc21. The monoisotopic (exact) mass is 227 g/mol. The van der Waals surface area contributed by atoms with Crippen molar-refractivity contribution in [3.05, 3.63) is 33.5 Å². The molecule has 0 aliphatic heterocycles. The summed E-state index contributed by atoms with van der Waals surface area (Å²) in [5, 5.41) is 3.53. The van der Waals surface area contributed by atoms with E-state index in [1.807, 2.05) is 6.08 Å². The van der Waals surface area contributed by atoms with E-state index < -0.39 is 0 Å². The van der Waals surface area contributed by atoms with E-state index in [0.717, 1.165) is 17.3 Å². The third kappa shape index (κ3) is 2.02. The first-order chi connectivity index (χ1) is 6.81. The molecule has 1 atom stereocenters.